The Balaban J connectivity index is 2.15. The first-order valence-corrected chi connectivity index (χ1v) is 5.98. The van der Waals surface area contributed by atoms with E-state index in [0.29, 0.717) is 6.61 Å². The van der Waals surface area contributed by atoms with Gasteiger partial charge in [0.25, 0.3) is 0 Å². The average Bonchev–Trinajstić information content (AvgIpc) is 2.55. The number of hydrogen-bond donors (Lipinski definition) is 1. The highest BCUT2D eigenvalue weighted by molar-refractivity contribution is 9.25. The minimum Gasteiger partial charge on any atom is -0.458 e. The number of halogens is 2. The summed E-state index contributed by atoms with van der Waals surface area (Å²) in [6.07, 6.45) is 1.87. The molecule has 0 aromatic heterocycles. The Kier molecular flexibility index (Phi) is 4.53. The SMILES string of the molecule is CC(Br)(Br)C(=O)OCC[NH+]1C=NCC1. The largest absolute Gasteiger partial charge is 0.458 e. The Hall–Kier alpha value is 0.0600. The van der Waals surface area contributed by atoms with Gasteiger partial charge in [-0.05, 0) is 6.92 Å². The molecule has 0 amide bonds. The second kappa shape index (κ2) is 5.23. The van der Waals surface area contributed by atoms with E-state index in [1.165, 1.54) is 4.90 Å². The van der Waals surface area contributed by atoms with Crippen LogP contribution in [0.1, 0.15) is 6.92 Å². The van der Waals surface area contributed by atoms with Crippen LogP contribution in [-0.4, -0.2) is 41.8 Å². The van der Waals surface area contributed by atoms with Crippen molar-refractivity contribution in [3.63, 3.8) is 0 Å². The van der Waals surface area contributed by atoms with Crippen molar-refractivity contribution in [3.05, 3.63) is 0 Å². The average molecular weight is 329 g/mol. The molecule has 0 saturated carbocycles. The smallest absolute Gasteiger partial charge is 0.333 e. The van der Waals surface area contributed by atoms with Crippen LogP contribution < -0.4 is 4.90 Å². The number of carbonyl (C=O) groups is 1. The fourth-order valence-corrected chi connectivity index (χ4v) is 1.29. The molecule has 0 aliphatic carbocycles. The molecule has 14 heavy (non-hydrogen) atoms. The van der Waals surface area contributed by atoms with Gasteiger partial charge in [0.1, 0.15) is 19.7 Å². The number of nitrogens with one attached hydrogen (secondary N) is 1. The van der Waals surface area contributed by atoms with Crippen LogP contribution in [0.25, 0.3) is 0 Å². The van der Waals surface area contributed by atoms with Gasteiger partial charge in [-0.25, -0.2) is 9.79 Å². The highest BCUT2D eigenvalue weighted by Crippen LogP contribution is 2.26. The second-order valence-electron chi connectivity index (χ2n) is 3.22. The van der Waals surface area contributed by atoms with E-state index in [1.807, 2.05) is 6.34 Å². The minimum atomic E-state index is -0.769. The maximum atomic E-state index is 11.3. The first-order valence-electron chi connectivity index (χ1n) is 4.40. The first kappa shape index (κ1) is 12.1. The Bertz CT molecular complexity index is 238. The third-order valence-electron chi connectivity index (χ3n) is 1.85. The number of alkyl halides is 2. The summed E-state index contributed by atoms with van der Waals surface area (Å²) in [5.74, 6) is -0.298. The lowest BCUT2D eigenvalue weighted by Gasteiger charge is -2.14. The highest BCUT2D eigenvalue weighted by atomic mass is 79.9. The molecular weight excluding hydrogens is 316 g/mol. The van der Waals surface area contributed by atoms with Gasteiger partial charge in [0.05, 0.1) is 6.54 Å². The summed E-state index contributed by atoms with van der Waals surface area (Å²) in [4.78, 5) is 16.6. The van der Waals surface area contributed by atoms with E-state index in [4.69, 9.17) is 4.74 Å². The van der Waals surface area contributed by atoms with Crippen molar-refractivity contribution in [3.8, 4) is 0 Å². The molecule has 0 spiro atoms. The molecule has 0 fully saturated rings. The fraction of sp³-hybridized carbons (Fsp3) is 0.750. The predicted molar refractivity (Wildman–Crippen MR) is 61.3 cm³/mol. The molecule has 0 aromatic rings. The molecule has 80 valence electrons. The molecule has 4 nitrogen and oxygen atoms in total. The summed E-state index contributed by atoms with van der Waals surface area (Å²) in [5.41, 5.74) is 0. The van der Waals surface area contributed by atoms with Crippen molar-refractivity contribution < 1.29 is 14.4 Å². The zero-order chi connectivity index (χ0) is 10.6. The maximum Gasteiger partial charge on any atom is 0.333 e. The summed E-state index contributed by atoms with van der Waals surface area (Å²) < 4.78 is 4.28. The molecular formula is C8H13Br2N2O2+. The molecule has 0 saturated heterocycles. The molecule has 6 heteroatoms. The maximum absolute atomic E-state index is 11.3. The topological polar surface area (TPSA) is 43.1 Å². The van der Waals surface area contributed by atoms with Gasteiger partial charge in [-0.3, -0.25) is 4.90 Å². The minimum absolute atomic E-state index is 0.298. The van der Waals surface area contributed by atoms with Crippen LogP contribution >= 0.6 is 31.9 Å². The highest BCUT2D eigenvalue weighted by Gasteiger charge is 2.28. The molecule has 0 bridgehead atoms. The number of nitrogens with zero attached hydrogens (tertiary/aromatic N) is 1. The zero-order valence-corrected chi connectivity index (χ0v) is 11.1. The molecule has 0 radical (unpaired) electrons. The quantitative estimate of drug-likeness (QED) is 0.581. The van der Waals surface area contributed by atoms with Crippen LogP contribution in [0.5, 0.6) is 0 Å². The van der Waals surface area contributed by atoms with Crippen molar-refractivity contribution in [2.45, 2.75) is 10.2 Å². The van der Waals surface area contributed by atoms with Gasteiger partial charge < -0.3 is 4.74 Å². The molecule has 1 unspecified atom stereocenters. The van der Waals surface area contributed by atoms with Crippen molar-refractivity contribution in [2.75, 3.05) is 26.2 Å². The Morgan fingerprint density at radius 3 is 2.93 bits per heavy atom. The van der Waals surface area contributed by atoms with Crippen LogP contribution in [0.2, 0.25) is 0 Å². The number of aliphatic imine (C=N–C) groups is 1. The van der Waals surface area contributed by atoms with Crippen LogP contribution in [0, 0.1) is 0 Å². The zero-order valence-electron chi connectivity index (χ0n) is 7.93. The Morgan fingerprint density at radius 2 is 2.43 bits per heavy atom. The number of ether oxygens (including phenoxy) is 1. The number of carbonyl (C=O) groups excluding carboxylic acids is 1. The number of hydrogen-bond acceptors (Lipinski definition) is 3. The first-order chi connectivity index (χ1) is 6.50. The molecule has 1 aliphatic heterocycles. The Labute approximate surface area is 100.0 Å². The van der Waals surface area contributed by atoms with Gasteiger partial charge in [0.2, 0.25) is 0 Å². The van der Waals surface area contributed by atoms with E-state index in [-0.39, 0.29) is 5.97 Å². The van der Waals surface area contributed by atoms with Gasteiger partial charge in [-0.2, -0.15) is 0 Å². The summed E-state index contributed by atoms with van der Waals surface area (Å²) in [6.45, 7) is 4.77. The number of quaternary nitrogens is 1. The molecule has 1 heterocycles. The van der Waals surface area contributed by atoms with Gasteiger partial charge in [0, 0.05) is 0 Å². The van der Waals surface area contributed by atoms with E-state index in [9.17, 15) is 4.79 Å². The Morgan fingerprint density at radius 1 is 1.71 bits per heavy atom. The third-order valence-corrected chi connectivity index (χ3v) is 2.50. The standard InChI is InChI=1S/C8H12Br2N2O2/c1-8(9,10)7(13)14-5-4-12-3-2-11-6-12/h6H,2-5H2,1H3/p+1. The lowest BCUT2D eigenvalue weighted by Crippen LogP contribution is -3.10. The molecule has 1 atom stereocenters. The van der Waals surface area contributed by atoms with Gasteiger partial charge in [0.15, 0.2) is 9.57 Å². The van der Waals surface area contributed by atoms with Crippen molar-refractivity contribution >= 4 is 44.2 Å². The third kappa shape index (κ3) is 4.06. The monoisotopic (exact) mass is 327 g/mol. The molecule has 1 rings (SSSR count). The molecule has 1 N–H and O–H groups in total. The van der Waals surface area contributed by atoms with E-state index < -0.39 is 3.23 Å². The molecule has 0 aromatic carbocycles. The summed E-state index contributed by atoms with van der Waals surface area (Å²) in [5, 5.41) is 0. The predicted octanol–water partition coefficient (Wildman–Crippen LogP) is -0.0376. The van der Waals surface area contributed by atoms with Crippen LogP contribution in [0.15, 0.2) is 4.99 Å². The van der Waals surface area contributed by atoms with Crippen molar-refractivity contribution in [2.24, 2.45) is 4.99 Å². The summed E-state index contributed by atoms with van der Waals surface area (Å²) >= 11 is 6.33. The lowest BCUT2D eigenvalue weighted by molar-refractivity contribution is -0.791. The van der Waals surface area contributed by atoms with Gasteiger partial charge in [-0.1, -0.05) is 31.9 Å². The number of rotatable bonds is 4. The van der Waals surface area contributed by atoms with Gasteiger partial charge >= 0.3 is 5.97 Å². The summed E-state index contributed by atoms with van der Waals surface area (Å²) in [6, 6.07) is 0. The van der Waals surface area contributed by atoms with E-state index in [1.54, 1.807) is 6.92 Å². The van der Waals surface area contributed by atoms with E-state index in [0.717, 1.165) is 19.6 Å². The van der Waals surface area contributed by atoms with E-state index >= 15 is 0 Å². The summed E-state index contributed by atoms with van der Waals surface area (Å²) in [7, 11) is 0. The van der Waals surface area contributed by atoms with Crippen molar-refractivity contribution in [1.29, 1.82) is 0 Å². The van der Waals surface area contributed by atoms with Crippen LogP contribution in [0.4, 0.5) is 0 Å². The van der Waals surface area contributed by atoms with Crippen LogP contribution in [0.3, 0.4) is 0 Å². The fourth-order valence-electron chi connectivity index (χ4n) is 1.06. The second-order valence-corrected chi connectivity index (χ2v) is 7.45. The van der Waals surface area contributed by atoms with E-state index in [2.05, 4.69) is 36.9 Å². The molecule has 1 aliphatic rings. The van der Waals surface area contributed by atoms with Gasteiger partial charge in [-0.15, -0.1) is 0 Å². The lowest BCUT2D eigenvalue weighted by atomic mass is 10.5. The van der Waals surface area contributed by atoms with Crippen LogP contribution in [-0.2, 0) is 9.53 Å². The number of esters is 1. The van der Waals surface area contributed by atoms with Crippen molar-refractivity contribution in [1.82, 2.24) is 0 Å². The normalized spacial score (nSPS) is 21.2.